The summed E-state index contributed by atoms with van der Waals surface area (Å²) in [5.41, 5.74) is 0.982. The van der Waals surface area contributed by atoms with Crippen LogP contribution in [0.1, 0.15) is 0 Å². The molecular formula is C18H5Cl10NO. The van der Waals surface area contributed by atoms with Crippen molar-refractivity contribution in [1.82, 2.24) is 4.98 Å². The van der Waals surface area contributed by atoms with Crippen LogP contribution in [0.2, 0.25) is 50.2 Å². The first-order valence-corrected chi connectivity index (χ1v) is 11.4. The Labute approximate surface area is 221 Å². The molecule has 0 bridgehead atoms. The van der Waals surface area contributed by atoms with E-state index in [1.54, 1.807) is 12.1 Å². The van der Waals surface area contributed by atoms with E-state index in [1.807, 2.05) is 0 Å². The third-order valence-electron chi connectivity index (χ3n) is 3.97. The molecule has 0 aliphatic carbocycles. The van der Waals surface area contributed by atoms with E-state index in [-0.39, 0.29) is 72.7 Å². The fourth-order valence-corrected chi connectivity index (χ4v) is 5.20. The Bertz CT molecular complexity index is 1050. The molecule has 3 rings (SSSR count). The average Bonchev–Trinajstić information content (AvgIpc) is 2.73. The van der Waals surface area contributed by atoms with Crippen LogP contribution in [0.15, 0.2) is 12.1 Å². The number of hydrogen-bond donors (Lipinski definition) is 0. The lowest BCUT2D eigenvalue weighted by Crippen LogP contribution is -1.96. The quantitative estimate of drug-likeness (QED) is 0.219. The first-order valence-electron chi connectivity index (χ1n) is 7.60. The molecule has 12 heteroatoms. The lowest BCUT2D eigenvalue weighted by atomic mass is 10.1. The lowest BCUT2D eigenvalue weighted by Gasteiger charge is -2.16. The van der Waals surface area contributed by atoms with Crippen molar-refractivity contribution in [2.24, 2.45) is 0 Å². The van der Waals surface area contributed by atoms with Gasteiger partial charge in [-0.15, -0.1) is 0 Å². The van der Waals surface area contributed by atoms with Crippen LogP contribution >= 0.6 is 116 Å². The molecule has 2 aromatic carbocycles. The van der Waals surface area contributed by atoms with Gasteiger partial charge in [0.15, 0.2) is 0 Å². The summed E-state index contributed by atoms with van der Waals surface area (Å²) >= 11 is 62.5. The van der Waals surface area contributed by atoms with Gasteiger partial charge in [0.1, 0.15) is 5.75 Å². The van der Waals surface area contributed by atoms with Crippen molar-refractivity contribution in [2.75, 3.05) is 7.11 Å². The summed E-state index contributed by atoms with van der Waals surface area (Å²) in [4.78, 5) is 4.55. The maximum Gasteiger partial charge on any atom is 0.123 e. The summed E-state index contributed by atoms with van der Waals surface area (Å²) in [5, 5.41) is 0.291. The van der Waals surface area contributed by atoms with E-state index in [2.05, 4.69) is 4.98 Å². The SMILES string of the molecule is COc1cc(-c2c(Cl)c(Cl)c(Cl)c(Cl)c2Cl)nc(-c2c(Cl)c(Cl)c(Cl)c(Cl)c2Cl)c1. The predicted molar refractivity (Wildman–Crippen MR) is 132 cm³/mol. The van der Waals surface area contributed by atoms with E-state index >= 15 is 0 Å². The number of aromatic nitrogens is 1. The Kier molecular flexibility index (Phi) is 8.02. The van der Waals surface area contributed by atoms with Crippen LogP contribution in [0.3, 0.4) is 0 Å². The van der Waals surface area contributed by atoms with E-state index in [0.717, 1.165) is 0 Å². The molecule has 3 aromatic rings. The fraction of sp³-hybridized carbons (Fsp3) is 0.0556. The van der Waals surface area contributed by atoms with Crippen molar-refractivity contribution in [1.29, 1.82) is 0 Å². The second-order valence-electron chi connectivity index (χ2n) is 5.67. The van der Waals surface area contributed by atoms with Gasteiger partial charge in [0, 0.05) is 23.3 Å². The molecule has 0 saturated heterocycles. The molecule has 0 aliphatic heterocycles. The molecule has 1 aromatic heterocycles. The number of rotatable bonds is 3. The summed E-state index contributed by atoms with van der Waals surface area (Å²) in [7, 11) is 1.46. The van der Waals surface area contributed by atoms with Crippen LogP contribution in [0.25, 0.3) is 22.5 Å². The predicted octanol–water partition coefficient (Wildman–Crippen LogP) is 11.0. The highest BCUT2D eigenvalue weighted by molar-refractivity contribution is 6.57. The Morgan fingerprint density at radius 1 is 0.500 bits per heavy atom. The minimum Gasteiger partial charge on any atom is -0.497 e. The van der Waals surface area contributed by atoms with Crippen molar-refractivity contribution < 1.29 is 4.74 Å². The highest BCUT2D eigenvalue weighted by atomic mass is 35.5. The summed E-state index contributed by atoms with van der Waals surface area (Å²) < 4.78 is 5.37. The Balaban J connectivity index is 2.40. The second kappa shape index (κ2) is 9.65. The van der Waals surface area contributed by atoms with E-state index in [0.29, 0.717) is 5.75 Å². The van der Waals surface area contributed by atoms with Crippen molar-refractivity contribution >= 4 is 116 Å². The summed E-state index contributed by atoms with van der Waals surface area (Å²) in [6, 6.07) is 3.14. The average molecular weight is 606 g/mol. The first kappa shape index (κ1) is 24.9. The van der Waals surface area contributed by atoms with Crippen LogP contribution in [0.4, 0.5) is 0 Å². The molecule has 0 aliphatic rings. The van der Waals surface area contributed by atoms with Crippen LogP contribution in [-0.2, 0) is 0 Å². The number of methoxy groups -OCH3 is 1. The molecular weight excluding hydrogens is 601 g/mol. The largest absolute Gasteiger partial charge is 0.497 e. The number of hydrogen-bond acceptors (Lipinski definition) is 2. The standard InChI is InChI=1S/C18H5Cl10NO/c1-30-4-2-5(7-9(19)13(23)17(27)14(24)10(7)20)29-6(3-4)8-11(21)15(25)18(28)16(26)12(8)22/h2-3H,1H3. The summed E-state index contributed by atoms with van der Waals surface area (Å²) in [5.74, 6) is 0.374. The normalized spacial score (nSPS) is 11.2. The molecule has 0 N–H and O–H groups in total. The number of benzene rings is 2. The minimum absolute atomic E-state index is 0.0162. The molecule has 2 nitrogen and oxygen atoms in total. The van der Waals surface area contributed by atoms with Crippen LogP contribution in [0, 0.1) is 0 Å². The van der Waals surface area contributed by atoms with E-state index in [9.17, 15) is 0 Å². The number of pyridine rings is 1. The van der Waals surface area contributed by atoms with Gasteiger partial charge in [-0.25, -0.2) is 4.98 Å². The van der Waals surface area contributed by atoms with E-state index in [4.69, 9.17) is 121 Å². The van der Waals surface area contributed by atoms with Gasteiger partial charge in [0.2, 0.25) is 0 Å². The maximum atomic E-state index is 6.39. The van der Waals surface area contributed by atoms with Crippen molar-refractivity contribution in [2.45, 2.75) is 0 Å². The summed E-state index contributed by atoms with van der Waals surface area (Å²) in [6.45, 7) is 0. The molecule has 0 radical (unpaired) electrons. The number of nitrogens with zero attached hydrogens (tertiary/aromatic N) is 1. The molecule has 158 valence electrons. The topological polar surface area (TPSA) is 22.1 Å². The van der Waals surface area contributed by atoms with Gasteiger partial charge in [0.05, 0.1) is 68.7 Å². The number of halogens is 10. The van der Waals surface area contributed by atoms with Gasteiger partial charge in [0.25, 0.3) is 0 Å². The van der Waals surface area contributed by atoms with Gasteiger partial charge in [-0.05, 0) is 0 Å². The van der Waals surface area contributed by atoms with E-state index < -0.39 is 0 Å². The molecule has 30 heavy (non-hydrogen) atoms. The van der Waals surface area contributed by atoms with Gasteiger partial charge < -0.3 is 4.74 Å². The van der Waals surface area contributed by atoms with E-state index in [1.165, 1.54) is 7.11 Å². The Hall–Kier alpha value is 0.290. The smallest absolute Gasteiger partial charge is 0.123 e. The van der Waals surface area contributed by atoms with Gasteiger partial charge in [-0.2, -0.15) is 0 Å². The van der Waals surface area contributed by atoms with Gasteiger partial charge in [-0.1, -0.05) is 116 Å². The zero-order valence-corrected chi connectivity index (χ0v) is 21.8. The second-order valence-corrected chi connectivity index (χ2v) is 9.45. The van der Waals surface area contributed by atoms with Crippen molar-refractivity contribution in [3.05, 3.63) is 62.4 Å². The van der Waals surface area contributed by atoms with Crippen LogP contribution < -0.4 is 4.74 Å². The molecule has 0 unspecified atom stereocenters. The van der Waals surface area contributed by atoms with Crippen molar-refractivity contribution in [3.63, 3.8) is 0 Å². The van der Waals surface area contributed by atoms with Crippen molar-refractivity contribution in [3.8, 4) is 28.3 Å². The first-order chi connectivity index (χ1) is 14.0. The van der Waals surface area contributed by atoms with Gasteiger partial charge >= 0.3 is 0 Å². The number of ether oxygens (including phenoxy) is 1. The Morgan fingerprint density at radius 3 is 1.03 bits per heavy atom. The molecule has 0 amide bonds. The third-order valence-corrected chi connectivity index (χ3v) is 8.52. The zero-order valence-electron chi connectivity index (χ0n) is 14.3. The third kappa shape index (κ3) is 4.26. The summed E-state index contributed by atoms with van der Waals surface area (Å²) in [6.07, 6.45) is 0. The molecule has 0 saturated carbocycles. The molecule has 0 atom stereocenters. The molecule has 1 heterocycles. The van der Waals surface area contributed by atoms with Gasteiger partial charge in [-0.3, -0.25) is 0 Å². The lowest BCUT2D eigenvalue weighted by molar-refractivity contribution is 0.414. The molecule has 0 fully saturated rings. The van der Waals surface area contributed by atoms with Crippen LogP contribution in [0.5, 0.6) is 5.75 Å². The zero-order chi connectivity index (χ0) is 22.5. The highest BCUT2D eigenvalue weighted by Crippen LogP contribution is 2.51. The molecule has 0 spiro atoms. The van der Waals surface area contributed by atoms with Crippen LogP contribution in [-0.4, -0.2) is 12.1 Å². The highest BCUT2D eigenvalue weighted by Gasteiger charge is 2.25. The Morgan fingerprint density at radius 2 is 0.767 bits per heavy atom. The monoisotopic (exact) mass is 601 g/mol. The maximum absolute atomic E-state index is 6.39. The minimum atomic E-state index is 0.0162. The fourth-order valence-electron chi connectivity index (χ4n) is 2.54.